The Bertz CT molecular complexity index is 1850. The molecule has 0 spiro atoms. The molecule has 50 heavy (non-hydrogen) atoms. The Morgan fingerprint density at radius 3 is 2.06 bits per heavy atom. The van der Waals surface area contributed by atoms with Crippen molar-refractivity contribution in [2.24, 2.45) is 0 Å². The van der Waals surface area contributed by atoms with E-state index < -0.39 is 31.2 Å². The van der Waals surface area contributed by atoms with Crippen LogP contribution < -0.4 is 19.3 Å². The zero-order chi connectivity index (χ0) is 35.8. The second-order valence-electron chi connectivity index (χ2n) is 12.0. The highest BCUT2D eigenvalue weighted by atomic mass is 32.2. The minimum atomic E-state index is -4.36. The summed E-state index contributed by atoms with van der Waals surface area (Å²) < 4.78 is 79.7. The molecule has 0 bridgehead atoms. The lowest BCUT2D eigenvalue weighted by molar-refractivity contribution is 0.231. The lowest BCUT2D eigenvalue weighted by Gasteiger charge is -2.34. The number of rotatable bonds is 13. The zero-order valence-corrected chi connectivity index (χ0v) is 30.9. The van der Waals surface area contributed by atoms with Crippen molar-refractivity contribution < 1.29 is 40.9 Å². The summed E-state index contributed by atoms with van der Waals surface area (Å²) in [5, 5.41) is 2.14. The summed E-state index contributed by atoms with van der Waals surface area (Å²) in [4.78, 5) is 2.38. The summed E-state index contributed by atoms with van der Waals surface area (Å²) >= 11 is 0. The second-order valence-corrected chi connectivity index (χ2v) is 15.4. The quantitative estimate of drug-likeness (QED) is 0.124. The highest BCUT2D eigenvalue weighted by Crippen LogP contribution is 2.53. The van der Waals surface area contributed by atoms with Gasteiger partial charge < -0.3 is 25.2 Å². The summed E-state index contributed by atoms with van der Waals surface area (Å²) in [7, 11) is -8.65. The number of quaternary nitrogens is 1. The van der Waals surface area contributed by atoms with Gasteiger partial charge in [-0.2, -0.15) is 16.8 Å². The topological polar surface area (TPSA) is 172 Å². The average molecular weight is 732 g/mol. The molecule has 0 aromatic heterocycles. The van der Waals surface area contributed by atoms with E-state index in [9.17, 15) is 25.9 Å². The van der Waals surface area contributed by atoms with E-state index in [2.05, 4.69) is 31.0 Å². The molecule has 0 saturated carbocycles. The highest BCUT2D eigenvalue weighted by Gasteiger charge is 2.52. The number of fused-ring (bicyclic) bond motifs is 2. The Morgan fingerprint density at radius 1 is 0.860 bits per heavy atom. The predicted octanol–water partition coefficient (Wildman–Crippen LogP) is 6.83. The molecule has 0 amide bonds. The van der Waals surface area contributed by atoms with Gasteiger partial charge in [-0.25, -0.2) is 4.48 Å². The van der Waals surface area contributed by atoms with Crippen molar-refractivity contribution in [1.29, 1.82) is 0 Å². The predicted molar refractivity (Wildman–Crippen MR) is 199 cm³/mol. The van der Waals surface area contributed by atoms with Crippen LogP contribution in [0.5, 0.6) is 11.5 Å². The van der Waals surface area contributed by atoms with E-state index in [0.717, 1.165) is 16.7 Å². The normalized spacial score (nSPS) is 18.6. The first kappa shape index (κ1) is 40.7. The third kappa shape index (κ3) is 9.51. The zero-order valence-electron chi connectivity index (χ0n) is 29.2. The first-order chi connectivity index (χ1) is 23.3. The molecular weight excluding hydrogens is 683 g/mol. The molecule has 2 aliphatic rings. The molecule has 3 aromatic carbocycles. The minimum Gasteiger partial charge on any atom is -0.870 e. The lowest BCUT2D eigenvalue weighted by Crippen LogP contribution is -2.51. The summed E-state index contributed by atoms with van der Waals surface area (Å²) in [5.41, 5.74) is 4.04. The van der Waals surface area contributed by atoms with Gasteiger partial charge in [-0.05, 0) is 68.9 Å². The first-order valence-corrected chi connectivity index (χ1v) is 19.7. The van der Waals surface area contributed by atoms with Crippen molar-refractivity contribution in [3.8, 4) is 22.6 Å². The number of nitrogens with zero attached hydrogens (tertiary/aromatic N) is 2. The molecule has 2 aliphatic heterocycles. The maximum atomic E-state index is 12.1. The Labute approximate surface area is 296 Å². The first-order valence-electron chi connectivity index (χ1n) is 16.6. The molecule has 12 nitrogen and oxygen atoms in total. The molecule has 0 saturated heterocycles. The SMILES string of the molecule is CC=Cc1c(-c2ccccc2)ccc2c1[N+](CCCS(=O)(=O)O)(CCC(C)S(=O)(=O)O)C(=C1Nc3ccccc3O1)O2.CCN(CC)CC.[OH-]. The monoisotopic (exact) mass is 731 g/mol. The van der Waals surface area contributed by atoms with Crippen LogP contribution >= 0.6 is 0 Å². The Hall–Kier alpha value is -3.76. The van der Waals surface area contributed by atoms with Gasteiger partial charge in [0.2, 0.25) is 0 Å². The molecule has 2 unspecified atom stereocenters. The van der Waals surface area contributed by atoms with Gasteiger partial charge >= 0.3 is 11.8 Å². The Kier molecular flexibility index (Phi) is 14.2. The number of hydrogen-bond acceptors (Lipinski definition) is 9. The average Bonchev–Trinajstić information content (AvgIpc) is 3.64. The minimum absolute atomic E-state index is 0. The van der Waals surface area contributed by atoms with E-state index in [1.54, 1.807) is 6.07 Å². The van der Waals surface area contributed by atoms with E-state index >= 15 is 0 Å². The molecule has 274 valence electrons. The van der Waals surface area contributed by atoms with E-state index in [-0.39, 0.29) is 41.8 Å². The number of benzene rings is 3. The van der Waals surface area contributed by atoms with Crippen molar-refractivity contribution in [3.05, 3.63) is 90.1 Å². The summed E-state index contributed by atoms with van der Waals surface area (Å²) in [6, 6.07) is 20.9. The van der Waals surface area contributed by atoms with Crippen LogP contribution in [0.3, 0.4) is 0 Å². The van der Waals surface area contributed by atoms with E-state index in [1.807, 2.05) is 79.7 Å². The fraction of sp³-hybridized carbons (Fsp3) is 0.389. The highest BCUT2D eigenvalue weighted by molar-refractivity contribution is 7.86. The largest absolute Gasteiger partial charge is 0.870 e. The van der Waals surface area contributed by atoms with Crippen LogP contribution in [0.2, 0.25) is 0 Å². The van der Waals surface area contributed by atoms with Gasteiger partial charge in [-0.3, -0.25) is 9.11 Å². The van der Waals surface area contributed by atoms with Crippen LogP contribution in [0, 0.1) is 0 Å². The Morgan fingerprint density at radius 2 is 1.50 bits per heavy atom. The maximum absolute atomic E-state index is 12.1. The van der Waals surface area contributed by atoms with E-state index in [0.29, 0.717) is 28.8 Å². The molecule has 4 N–H and O–H groups in total. The smallest absolute Gasteiger partial charge is 0.365 e. The number of para-hydroxylation sites is 2. The van der Waals surface area contributed by atoms with Gasteiger partial charge in [-0.15, -0.1) is 0 Å². The van der Waals surface area contributed by atoms with Gasteiger partial charge in [-0.1, -0.05) is 75.4 Å². The number of nitrogens with one attached hydrogen (secondary N) is 1. The van der Waals surface area contributed by atoms with Crippen molar-refractivity contribution in [2.75, 3.05) is 43.8 Å². The molecule has 0 fully saturated rings. The van der Waals surface area contributed by atoms with Crippen LogP contribution in [-0.2, 0) is 20.2 Å². The van der Waals surface area contributed by atoms with Crippen LogP contribution in [0.1, 0.15) is 53.0 Å². The van der Waals surface area contributed by atoms with Gasteiger partial charge in [0.15, 0.2) is 17.2 Å². The van der Waals surface area contributed by atoms with Crippen molar-refractivity contribution in [3.63, 3.8) is 0 Å². The molecular formula is C36H49N3O9S2. The van der Waals surface area contributed by atoms with Crippen LogP contribution in [0.4, 0.5) is 11.4 Å². The number of anilines is 1. The van der Waals surface area contributed by atoms with Crippen molar-refractivity contribution in [2.45, 2.75) is 52.7 Å². The third-order valence-corrected chi connectivity index (χ3v) is 10.9. The molecule has 5 rings (SSSR count). The fourth-order valence-electron chi connectivity index (χ4n) is 6.14. The summed E-state index contributed by atoms with van der Waals surface area (Å²) in [6.45, 7) is 13.7. The number of allylic oxidation sites excluding steroid dienone is 1. The Balaban J connectivity index is 0.000000766. The van der Waals surface area contributed by atoms with Gasteiger partial charge in [0.25, 0.3) is 20.2 Å². The number of ether oxygens (including phenoxy) is 2. The van der Waals surface area contributed by atoms with Gasteiger partial charge in [0.1, 0.15) is 0 Å². The van der Waals surface area contributed by atoms with Crippen molar-refractivity contribution >= 4 is 37.7 Å². The van der Waals surface area contributed by atoms with Gasteiger partial charge in [0, 0.05) is 18.4 Å². The number of hydrogen-bond donors (Lipinski definition) is 3. The fourth-order valence-corrected chi connectivity index (χ4v) is 7.04. The van der Waals surface area contributed by atoms with Crippen molar-refractivity contribution in [1.82, 2.24) is 9.38 Å². The molecule has 0 aliphatic carbocycles. The summed E-state index contributed by atoms with van der Waals surface area (Å²) in [5.74, 6) is 1.16. The van der Waals surface area contributed by atoms with Crippen LogP contribution in [0.15, 0.2) is 84.6 Å². The van der Waals surface area contributed by atoms with Crippen LogP contribution in [0.25, 0.3) is 17.2 Å². The van der Waals surface area contributed by atoms with Gasteiger partial charge in [0.05, 0.1) is 29.8 Å². The summed E-state index contributed by atoms with van der Waals surface area (Å²) in [6.07, 6.45) is 3.87. The maximum Gasteiger partial charge on any atom is 0.365 e. The third-order valence-electron chi connectivity index (χ3n) is 8.87. The standard InChI is InChI=1S/C30H32N2O8S2.C6H15N.H2O/c1-3-10-24-23(22-11-5-4-6-12-22)15-16-27-28(24)32(18-9-20-41(33,34)35,19-17-21(2)42(36,37)38)30(40-27)29-31-25-13-7-8-14-26(25)39-29;1-4-7(5-2)6-3;/h3-8,10-16,21,31H,9,17-20H2,1-2H3,(H-,33,34,35,36,37,38);4-6H2,1-3H3;1H2. The molecule has 2 atom stereocenters. The molecule has 2 heterocycles. The lowest BCUT2D eigenvalue weighted by atomic mass is 9.95. The van der Waals surface area contributed by atoms with Crippen LogP contribution in [-0.4, -0.2) is 80.0 Å². The second kappa shape index (κ2) is 17.4. The van der Waals surface area contributed by atoms with E-state index in [4.69, 9.17) is 9.47 Å². The molecule has 14 heteroatoms. The molecule has 0 radical (unpaired) electrons. The van der Waals surface area contributed by atoms with E-state index in [1.165, 1.54) is 26.6 Å². The molecule has 3 aromatic rings.